The molecule has 0 aromatic rings. The molecular weight excluding hydrogens is 250 g/mol. The number of carbonyl (C=O) groups excluding carboxylic acids is 2. The zero-order valence-corrected chi connectivity index (χ0v) is 11.3. The number of amides is 3. The van der Waals surface area contributed by atoms with Crippen molar-refractivity contribution in [1.29, 1.82) is 0 Å². The number of aliphatic carboxylic acids is 1. The van der Waals surface area contributed by atoms with E-state index in [-0.39, 0.29) is 30.4 Å². The summed E-state index contributed by atoms with van der Waals surface area (Å²) in [5.74, 6) is -1.44. The van der Waals surface area contributed by atoms with Crippen LogP contribution in [0.4, 0.5) is 4.79 Å². The maximum absolute atomic E-state index is 11.8. The normalized spacial score (nSPS) is 22.4. The highest BCUT2D eigenvalue weighted by Crippen LogP contribution is 2.24. The molecule has 0 aromatic heterocycles. The zero-order chi connectivity index (χ0) is 14.4. The van der Waals surface area contributed by atoms with Crippen LogP contribution in [0.3, 0.4) is 0 Å². The fourth-order valence-electron chi connectivity index (χ4n) is 2.20. The van der Waals surface area contributed by atoms with Gasteiger partial charge in [0.25, 0.3) is 0 Å². The minimum Gasteiger partial charge on any atom is -0.481 e. The summed E-state index contributed by atoms with van der Waals surface area (Å²) in [4.78, 5) is 35.2. The lowest BCUT2D eigenvalue weighted by molar-refractivity contribution is -0.143. The first-order chi connectivity index (χ1) is 8.93. The maximum Gasteiger partial charge on any atom is 0.317 e. The Morgan fingerprint density at radius 1 is 1.32 bits per heavy atom. The number of hydrogen-bond donors (Lipinski definition) is 3. The van der Waals surface area contributed by atoms with E-state index in [1.807, 2.05) is 0 Å². The van der Waals surface area contributed by atoms with E-state index in [2.05, 4.69) is 10.6 Å². The summed E-state index contributed by atoms with van der Waals surface area (Å²) in [7, 11) is 3.04. The molecule has 1 aliphatic rings. The molecule has 1 rings (SSSR count). The third kappa shape index (κ3) is 4.76. The van der Waals surface area contributed by atoms with Gasteiger partial charge in [0.1, 0.15) is 6.54 Å². The van der Waals surface area contributed by atoms with Crippen molar-refractivity contribution < 1.29 is 19.5 Å². The molecule has 1 aliphatic carbocycles. The first-order valence-electron chi connectivity index (χ1n) is 6.39. The number of carboxylic acids is 1. The molecule has 0 heterocycles. The van der Waals surface area contributed by atoms with Gasteiger partial charge in [-0.15, -0.1) is 0 Å². The Labute approximate surface area is 112 Å². The highest BCUT2D eigenvalue weighted by atomic mass is 16.4. The Morgan fingerprint density at radius 2 is 2.00 bits per heavy atom. The van der Waals surface area contributed by atoms with Gasteiger partial charge in [0, 0.05) is 20.1 Å². The molecule has 3 N–H and O–H groups in total. The molecule has 2 atom stereocenters. The molecule has 2 unspecified atom stereocenters. The molecule has 0 aliphatic heterocycles. The number of rotatable bonds is 4. The summed E-state index contributed by atoms with van der Waals surface area (Å²) in [6, 6.07) is -0.478. The van der Waals surface area contributed by atoms with Crippen LogP contribution < -0.4 is 10.6 Å². The molecule has 7 heteroatoms. The Balaban J connectivity index is 2.43. The van der Waals surface area contributed by atoms with E-state index < -0.39 is 5.97 Å². The highest BCUT2D eigenvalue weighted by molar-refractivity contribution is 5.83. The molecule has 7 nitrogen and oxygen atoms in total. The Kier molecular flexibility index (Phi) is 5.59. The Bertz CT molecular complexity index is 359. The van der Waals surface area contributed by atoms with E-state index in [0.717, 1.165) is 12.8 Å². The van der Waals surface area contributed by atoms with Crippen LogP contribution in [-0.4, -0.2) is 54.6 Å². The van der Waals surface area contributed by atoms with Gasteiger partial charge >= 0.3 is 12.0 Å². The molecule has 0 spiro atoms. The van der Waals surface area contributed by atoms with Crippen LogP contribution in [0.1, 0.15) is 25.7 Å². The topological polar surface area (TPSA) is 98.7 Å². The molecule has 0 bridgehead atoms. The summed E-state index contributed by atoms with van der Waals surface area (Å²) in [5.41, 5.74) is 0. The van der Waals surface area contributed by atoms with Gasteiger partial charge in [-0.05, 0) is 19.3 Å². The molecule has 108 valence electrons. The van der Waals surface area contributed by atoms with Gasteiger partial charge in [0.05, 0.1) is 5.92 Å². The third-order valence-electron chi connectivity index (χ3n) is 3.36. The molecule has 1 saturated carbocycles. The quantitative estimate of drug-likeness (QED) is 0.671. The van der Waals surface area contributed by atoms with Gasteiger partial charge in [0.2, 0.25) is 5.91 Å². The zero-order valence-electron chi connectivity index (χ0n) is 11.3. The van der Waals surface area contributed by atoms with Gasteiger partial charge in [-0.1, -0.05) is 6.42 Å². The number of urea groups is 1. The SMILES string of the molecule is CNC(=O)CN(C)C(=O)NC1CCCC(C(=O)O)C1. The van der Waals surface area contributed by atoms with E-state index in [0.29, 0.717) is 12.8 Å². The minimum atomic E-state index is -0.808. The second-order valence-corrected chi connectivity index (χ2v) is 4.88. The summed E-state index contributed by atoms with van der Waals surface area (Å²) < 4.78 is 0. The number of carboxylic acid groups (broad SMARTS) is 1. The predicted octanol–water partition coefficient (Wildman–Crippen LogP) is 0.0172. The van der Waals surface area contributed by atoms with Crippen LogP contribution >= 0.6 is 0 Å². The smallest absolute Gasteiger partial charge is 0.317 e. The largest absolute Gasteiger partial charge is 0.481 e. The predicted molar refractivity (Wildman–Crippen MR) is 68.6 cm³/mol. The van der Waals surface area contributed by atoms with Crippen molar-refractivity contribution >= 4 is 17.9 Å². The lowest BCUT2D eigenvalue weighted by Crippen LogP contribution is -2.48. The molecule has 1 fully saturated rings. The number of carbonyl (C=O) groups is 3. The molecule has 19 heavy (non-hydrogen) atoms. The first-order valence-corrected chi connectivity index (χ1v) is 6.39. The lowest BCUT2D eigenvalue weighted by atomic mass is 9.86. The summed E-state index contributed by atoms with van der Waals surface area (Å²) in [6.07, 6.45) is 2.69. The fourth-order valence-corrected chi connectivity index (χ4v) is 2.20. The maximum atomic E-state index is 11.8. The van der Waals surface area contributed by atoms with Gasteiger partial charge < -0.3 is 20.6 Å². The van der Waals surface area contributed by atoms with E-state index in [9.17, 15) is 14.4 Å². The lowest BCUT2D eigenvalue weighted by Gasteiger charge is -2.29. The van der Waals surface area contributed by atoms with Crippen LogP contribution in [0, 0.1) is 5.92 Å². The van der Waals surface area contributed by atoms with Gasteiger partial charge in [-0.25, -0.2) is 4.79 Å². The van der Waals surface area contributed by atoms with Crippen molar-refractivity contribution in [1.82, 2.24) is 15.5 Å². The second-order valence-electron chi connectivity index (χ2n) is 4.88. The van der Waals surface area contributed by atoms with Gasteiger partial charge in [-0.3, -0.25) is 9.59 Å². The monoisotopic (exact) mass is 271 g/mol. The van der Waals surface area contributed by atoms with Crippen LogP contribution in [0.15, 0.2) is 0 Å². The minimum absolute atomic E-state index is 0.0165. The standard InChI is InChI=1S/C12H21N3O4/c1-13-10(16)7-15(2)12(19)14-9-5-3-4-8(6-9)11(17)18/h8-9H,3-7H2,1-2H3,(H,13,16)(H,14,19)(H,17,18). The summed E-state index contributed by atoms with van der Waals surface area (Å²) in [5, 5.41) is 14.2. The van der Waals surface area contributed by atoms with Crippen LogP contribution in [-0.2, 0) is 9.59 Å². The molecule has 0 saturated heterocycles. The van der Waals surface area contributed by atoms with Crippen molar-refractivity contribution in [2.45, 2.75) is 31.7 Å². The molecule has 3 amide bonds. The van der Waals surface area contributed by atoms with Gasteiger partial charge in [0.15, 0.2) is 0 Å². The Morgan fingerprint density at radius 3 is 2.58 bits per heavy atom. The number of nitrogens with one attached hydrogen (secondary N) is 2. The van der Waals surface area contributed by atoms with E-state index in [1.165, 1.54) is 19.0 Å². The summed E-state index contributed by atoms with van der Waals surface area (Å²) >= 11 is 0. The van der Waals surface area contributed by atoms with Crippen LogP contribution in [0.2, 0.25) is 0 Å². The Hall–Kier alpha value is -1.79. The third-order valence-corrected chi connectivity index (χ3v) is 3.36. The van der Waals surface area contributed by atoms with Crippen molar-refractivity contribution in [2.24, 2.45) is 5.92 Å². The van der Waals surface area contributed by atoms with Gasteiger partial charge in [-0.2, -0.15) is 0 Å². The van der Waals surface area contributed by atoms with Crippen LogP contribution in [0.25, 0.3) is 0 Å². The fraction of sp³-hybridized carbons (Fsp3) is 0.750. The van der Waals surface area contributed by atoms with Crippen LogP contribution in [0.5, 0.6) is 0 Å². The highest BCUT2D eigenvalue weighted by Gasteiger charge is 2.28. The summed E-state index contributed by atoms with van der Waals surface area (Å²) in [6.45, 7) is -0.0165. The van der Waals surface area contributed by atoms with Crippen molar-refractivity contribution in [3.8, 4) is 0 Å². The van der Waals surface area contributed by atoms with E-state index >= 15 is 0 Å². The van der Waals surface area contributed by atoms with E-state index in [1.54, 1.807) is 0 Å². The van der Waals surface area contributed by atoms with Crippen molar-refractivity contribution in [3.05, 3.63) is 0 Å². The molecular formula is C12H21N3O4. The molecule has 0 radical (unpaired) electrons. The first kappa shape index (κ1) is 15.3. The van der Waals surface area contributed by atoms with Crippen molar-refractivity contribution in [3.63, 3.8) is 0 Å². The van der Waals surface area contributed by atoms with Crippen molar-refractivity contribution in [2.75, 3.05) is 20.6 Å². The second kappa shape index (κ2) is 6.96. The number of nitrogens with zero attached hydrogens (tertiary/aromatic N) is 1. The average Bonchev–Trinajstić information content (AvgIpc) is 2.38. The molecule has 0 aromatic carbocycles. The number of hydrogen-bond acceptors (Lipinski definition) is 3. The van der Waals surface area contributed by atoms with E-state index in [4.69, 9.17) is 5.11 Å². The number of likely N-dealkylation sites (N-methyl/N-ethyl adjacent to an activating group) is 2. The average molecular weight is 271 g/mol.